The molecule has 23 heavy (non-hydrogen) atoms. The Morgan fingerprint density at radius 2 is 1.65 bits per heavy atom. The minimum Gasteiger partial charge on any atom is -0.385 e. The molecule has 3 N–H and O–H groups in total. The van der Waals surface area contributed by atoms with E-state index in [1.54, 1.807) is 7.05 Å². The molecule has 0 aliphatic heterocycles. The number of benzene rings is 2. The Kier molecular flexibility index (Phi) is 6.98. The zero-order chi connectivity index (χ0) is 16.3. The van der Waals surface area contributed by atoms with Gasteiger partial charge in [0.2, 0.25) is 0 Å². The van der Waals surface area contributed by atoms with Crippen molar-refractivity contribution in [2.45, 2.75) is 19.9 Å². The minimum absolute atomic E-state index is 0.786. The molecule has 0 radical (unpaired) electrons. The SMILES string of the molecule is CN=C(NCCCNc1ccccc1)NCc1ccccc1C. The van der Waals surface area contributed by atoms with Gasteiger partial charge in [0.15, 0.2) is 5.96 Å². The zero-order valence-electron chi connectivity index (χ0n) is 14.0. The molecule has 0 fully saturated rings. The second-order valence-electron chi connectivity index (χ2n) is 5.43. The number of hydrogen-bond donors (Lipinski definition) is 3. The van der Waals surface area contributed by atoms with Crippen molar-refractivity contribution in [2.75, 3.05) is 25.5 Å². The molecule has 4 heteroatoms. The molecule has 2 rings (SSSR count). The molecule has 0 unspecified atom stereocenters. The number of guanidine groups is 1. The Balaban J connectivity index is 1.64. The van der Waals surface area contributed by atoms with E-state index in [1.807, 2.05) is 18.2 Å². The van der Waals surface area contributed by atoms with Crippen LogP contribution in [0.15, 0.2) is 59.6 Å². The van der Waals surface area contributed by atoms with Crippen molar-refractivity contribution in [3.05, 3.63) is 65.7 Å². The van der Waals surface area contributed by atoms with Crippen LogP contribution < -0.4 is 16.0 Å². The van der Waals surface area contributed by atoms with Gasteiger partial charge < -0.3 is 16.0 Å². The van der Waals surface area contributed by atoms with E-state index in [4.69, 9.17) is 0 Å². The number of rotatable bonds is 7. The highest BCUT2D eigenvalue weighted by atomic mass is 15.2. The lowest BCUT2D eigenvalue weighted by Gasteiger charge is -2.13. The third-order valence-corrected chi connectivity index (χ3v) is 3.68. The molecular weight excluding hydrogens is 284 g/mol. The van der Waals surface area contributed by atoms with E-state index in [1.165, 1.54) is 11.1 Å². The third kappa shape index (κ3) is 6.02. The Labute approximate surface area is 139 Å². The van der Waals surface area contributed by atoms with Gasteiger partial charge in [0.1, 0.15) is 0 Å². The number of hydrogen-bond acceptors (Lipinski definition) is 2. The summed E-state index contributed by atoms with van der Waals surface area (Å²) in [6, 6.07) is 18.7. The van der Waals surface area contributed by atoms with Crippen LogP contribution in [0.2, 0.25) is 0 Å². The monoisotopic (exact) mass is 310 g/mol. The van der Waals surface area contributed by atoms with Gasteiger partial charge in [-0.25, -0.2) is 0 Å². The fourth-order valence-electron chi connectivity index (χ4n) is 2.29. The van der Waals surface area contributed by atoms with E-state index in [2.05, 4.69) is 64.3 Å². The predicted octanol–water partition coefficient (Wildman–Crippen LogP) is 3.16. The first-order valence-corrected chi connectivity index (χ1v) is 8.07. The first kappa shape index (κ1) is 16.9. The topological polar surface area (TPSA) is 48.5 Å². The average molecular weight is 310 g/mol. The lowest BCUT2D eigenvalue weighted by atomic mass is 10.1. The summed E-state index contributed by atoms with van der Waals surface area (Å²) < 4.78 is 0. The highest BCUT2D eigenvalue weighted by Gasteiger charge is 2.00. The van der Waals surface area contributed by atoms with Crippen molar-refractivity contribution in [3.8, 4) is 0 Å². The fraction of sp³-hybridized carbons (Fsp3) is 0.316. The number of anilines is 1. The minimum atomic E-state index is 0.786. The lowest BCUT2D eigenvalue weighted by Crippen LogP contribution is -2.37. The van der Waals surface area contributed by atoms with Crippen LogP contribution in [0.3, 0.4) is 0 Å². The standard InChI is InChI=1S/C19H26N4/c1-16-9-6-7-10-17(16)15-23-19(20-2)22-14-8-13-21-18-11-4-3-5-12-18/h3-7,9-12,21H,8,13-15H2,1-2H3,(H2,20,22,23). The van der Waals surface area contributed by atoms with Crippen molar-refractivity contribution in [1.82, 2.24) is 10.6 Å². The first-order valence-electron chi connectivity index (χ1n) is 8.07. The van der Waals surface area contributed by atoms with E-state index >= 15 is 0 Å². The van der Waals surface area contributed by atoms with Gasteiger partial charge in [0.05, 0.1) is 0 Å². The molecule has 0 heterocycles. The quantitative estimate of drug-likeness (QED) is 0.418. The second kappa shape index (κ2) is 9.51. The molecule has 0 spiro atoms. The zero-order valence-corrected chi connectivity index (χ0v) is 14.0. The van der Waals surface area contributed by atoms with Gasteiger partial charge in [-0.05, 0) is 36.6 Å². The summed E-state index contributed by atoms with van der Waals surface area (Å²) in [5.74, 6) is 0.841. The highest BCUT2D eigenvalue weighted by molar-refractivity contribution is 5.79. The summed E-state index contributed by atoms with van der Waals surface area (Å²) in [6.45, 7) is 4.73. The summed E-state index contributed by atoms with van der Waals surface area (Å²) in [5.41, 5.74) is 3.75. The van der Waals surface area contributed by atoms with Gasteiger partial charge in [-0.15, -0.1) is 0 Å². The maximum absolute atomic E-state index is 4.26. The molecule has 2 aromatic carbocycles. The van der Waals surface area contributed by atoms with Gasteiger partial charge >= 0.3 is 0 Å². The number of aryl methyl sites for hydroxylation is 1. The van der Waals surface area contributed by atoms with Gasteiger partial charge in [-0.3, -0.25) is 4.99 Å². The first-order chi connectivity index (χ1) is 11.3. The van der Waals surface area contributed by atoms with Gasteiger partial charge in [0, 0.05) is 32.4 Å². The van der Waals surface area contributed by atoms with Crippen LogP contribution in [0, 0.1) is 6.92 Å². The van der Waals surface area contributed by atoms with Crippen LogP contribution in [0.4, 0.5) is 5.69 Å². The Morgan fingerprint density at radius 3 is 2.39 bits per heavy atom. The molecule has 0 atom stereocenters. The van der Waals surface area contributed by atoms with E-state index in [0.29, 0.717) is 0 Å². The summed E-state index contributed by atoms with van der Waals surface area (Å²) >= 11 is 0. The maximum Gasteiger partial charge on any atom is 0.191 e. The number of aliphatic imine (C=N–C) groups is 1. The van der Waals surface area contributed by atoms with Crippen LogP contribution in [-0.2, 0) is 6.54 Å². The van der Waals surface area contributed by atoms with Crippen molar-refractivity contribution < 1.29 is 0 Å². The molecule has 0 aliphatic rings. The second-order valence-corrected chi connectivity index (χ2v) is 5.43. The molecule has 2 aromatic rings. The Morgan fingerprint density at radius 1 is 0.913 bits per heavy atom. The summed E-state index contributed by atoms with van der Waals surface area (Å²) in [4.78, 5) is 4.26. The number of para-hydroxylation sites is 1. The average Bonchev–Trinajstić information content (AvgIpc) is 2.59. The molecule has 4 nitrogen and oxygen atoms in total. The van der Waals surface area contributed by atoms with Crippen molar-refractivity contribution in [1.29, 1.82) is 0 Å². The van der Waals surface area contributed by atoms with Gasteiger partial charge in [-0.1, -0.05) is 42.5 Å². The highest BCUT2D eigenvalue weighted by Crippen LogP contribution is 2.06. The van der Waals surface area contributed by atoms with E-state index in [-0.39, 0.29) is 0 Å². The molecule has 0 aliphatic carbocycles. The number of nitrogens with zero attached hydrogens (tertiary/aromatic N) is 1. The Bertz CT molecular complexity index is 608. The summed E-state index contributed by atoms with van der Waals surface area (Å²) in [6.07, 6.45) is 1.03. The van der Waals surface area contributed by atoms with Gasteiger partial charge in [0.25, 0.3) is 0 Å². The maximum atomic E-state index is 4.26. The summed E-state index contributed by atoms with van der Waals surface area (Å²) in [5, 5.41) is 10.1. The molecule has 122 valence electrons. The van der Waals surface area contributed by atoms with E-state index < -0.39 is 0 Å². The normalized spacial score (nSPS) is 11.1. The summed E-state index contributed by atoms with van der Waals surface area (Å²) in [7, 11) is 1.80. The van der Waals surface area contributed by atoms with Crippen LogP contribution >= 0.6 is 0 Å². The van der Waals surface area contributed by atoms with E-state index in [0.717, 1.165) is 37.7 Å². The lowest BCUT2D eigenvalue weighted by molar-refractivity contribution is 0.761. The largest absolute Gasteiger partial charge is 0.385 e. The molecular formula is C19H26N4. The van der Waals surface area contributed by atoms with Crippen molar-refractivity contribution in [3.63, 3.8) is 0 Å². The fourth-order valence-corrected chi connectivity index (χ4v) is 2.29. The van der Waals surface area contributed by atoms with E-state index in [9.17, 15) is 0 Å². The smallest absolute Gasteiger partial charge is 0.191 e. The van der Waals surface area contributed by atoms with Crippen molar-refractivity contribution in [2.24, 2.45) is 4.99 Å². The molecule has 0 amide bonds. The molecule has 0 aromatic heterocycles. The van der Waals surface area contributed by atoms with Gasteiger partial charge in [-0.2, -0.15) is 0 Å². The third-order valence-electron chi connectivity index (χ3n) is 3.68. The van der Waals surface area contributed by atoms with Crippen LogP contribution in [0.1, 0.15) is 17.5 Å². The molecule has 0 saturated carbocycles. The molecule has 0 saturated heterocycles. The number of nitrogens with one attached hydrogen (secondary N) is 3. The van der Waals surface area contributed by atoms with Crippen LogP contribution in [0.25, 0.3) is 0 Å². The van der Waals surface area contributed by atoms with Crippen LogP contribution in [-0.4, -0.2) is 26.1 Å². The predicted molar refractivity (Wildman–Crippen MR) is 98.9 cm³/mol. The van der Waals surface area contributed by atoms with Crippen LogP contribution in [0.5, 0.6) is 0 Å². The Hall–Kier alpha value is -2.49. The van der Waals surface area contributed by atoms with Crippen molar-refractivity contribution >= 4 is 11.6 Å². The molecule has 0 bridgehead atoms.